The average Bonchev–Trinajstić information content (AvgIpc) is 3.26. The molecule has 4 aromatic rings. The molecule has 4 rings (SSSR count). The van der Waals surface area contributed by atoms with Crippen LogP contribution in [0, 0.1) is 0 Å². The Bertz CT molecular complexity index is 1260. The Balaban J connectivity index is 1.68. The first-order chi connectivity index (χ1) is 15.4. The van der Waals surface area contributed by atoms with Gasteiger partial charge in [0.1, 0.15) is 24.2 Å². The van der Waals surface area contributed by atoms with Gasteiger partial charge in [-0.25, -0.2) is 0 Å². The number of furan rings is 1. The molecule has 32 heavy (non-hydrogen) atoms. The number of carbonyl (C=O) groups is 1. The van der Waals surface area contributed by atoms with Crippen molar-refractivity contribution >= 4 is 16.9 Å². The van der Waals surface area contributed by atoms with E-state index in [0.717, 1.165) is 33.2 Å². The fraction of sp³-hybridized carbons (Fsp3) is 0.160. The van der Waals surface area contributed by atoms with E-state index in [4.69, 9.17) is 20.6 Å². The van der Waals surface area contributed by atoms with Gasteiger partial charge in [-0.15, -0.1) is 0 Å². The number of nitrogens with two attached hydrogens (primary N) is 2. The summed E-state index contributed by atoms with van der Waals surface area (Å²) in [5.74, 6) is -0.605. The van der Waals surface area contributed by atoms with Crippen LogP contribution in [-0.4, -0.2) is 16.2 Å². The van der Waals surface area contributed by atoms with Crippen molar-refractivity contribution in [2.75, 3.05) is 0 Å². The molecular weight excluding hydrogens is 408 g/mol. The molecule has 0 bridgehead atoms. The lowest BCUT2D eigenvalue weighted by Gasteiger charge is -2.14. The Morgan fingerprint density at radius 2 is 1.91 bits per heavy atom. The molecule has 1 aromatic heterocycles. The summed E-state index contributed by atoms with van der Waals surface area (Å²) in [6.07, 6.45) is 0.261. The van der Waals surface area contributed by atoms with Crippen LogP contribution >= 0.6 is 0 Å². The van der Waals surface area contributed by atoms with Crippen LogP contribution in [0.2, 0.25) is 0 Å². The summed E-state index contributed by atoms with van der Waals surface area (Å²) in [6, 6.07) is 18.6. The minimum absolute atomic E-state index is 0.196. The van der Waals surface area contributed by atoms with Gasteiger partial charge in [0.2, 0.25) is 0 Å². The maximum absolute atomic E-state index is 11.2. The second-order valence-electron chi connectivity index (χ2n) is 7.56. The van der Waals surface area contributed by atoms with Crippen molar-refractivity contribution in [1.29, 1.82) is 0 Å². The van der Waals surface area contributed by atoms with Crippen LogP contribution in [0.5, 0.6) is 5.75 Å². The van der Waals surface area contributed by atoms with Crippen LogP contribution < -0.4 is 16.2 Å². The van der Waals surface area contributed by atoms with Gasteiger partial charge in [0.05, 0.1) is 12.7 Å². The van der Waals surface area contributed by atoms with Crippen LogP contribution in [0.25, 0.3) is 22.1 Å². The standard InChI is InChI=1S/C25H24N2O5/c26-13-15-2-1-3-17(8-15)21-10-16(9-19-6-7-31-24(19)21)14-32-22-11-20(25(27)30)5-4-18(22)12-23(28)29/h1-11,25,30H,12-14,26-27H2,(H,28,29). The molecule has 0 saturated heterocycles. The number of ether oxygens (including phenoxy) is 1. The van der Waals surface area contributed by atoms with Gasteiger partial charge in [-0.1, -0.05) is 30.3 Å². The molecule has 0 saturated carbocycles. The van der Waals surface area contributed by atoms with Gasteiger partial charge < -0.3 is 30.8 Å². The minimum atomic E-state index is -1.18. The number of hydrogen-bond donors (Lipinski definition) is 4. The predicted molar refractivity (Wildman–Crippen MR) is 121 cm³/mol. The van der Waals surface area contributed by atoms with E-state index in [2.05, 4.69) is 0 Å². The number of hydrogen-bond acceptors (Lipinski definition) is 6. The minimum Gasteiger partial charge on any atom is -0.489 e. The van der Waals surface area contributed by atoms with Gasteiger partial charge in [0.25, 0.3) is 0 Å². The summed E-state index contributed by atoms with van der Waals surface area (Å²) in [7, 11) is 0. The Kier molecular flexibility index (Phi) is 6.23. The highest BCUT2D eigenvalue weighted by Crippen LogP contribution is 2.32. The van der Waals surface area contributed by atoms with Crippen molar-refractivity contribution in [3.63, 3.8) is 0 Å². The first-order valence-corrected chi connectivity index (χ1v) is 10.1. The average molecular weight is 432 g/mol. The van der Waals surface area contributed by atoms with E-state index < -0.39 is 12.2 Å². The molecule has 0 aliphatic carbocycles. The quantitative estimate of drug-likeness (QED) is 0.312. The molecule has 6 N–H and O–H groups in total. The molecule has 1 unspecified atom stereocenters. The smallest absolute Gasteiger partial charge is 0.307 e. The molecule has 1 atom stereocenters. The van der Waals surface area contributed by atoms with Gasteiger partial charge >= 0.3 is 5.97 Å². The SMILES string of the molecule is NCc1cccc(-c2cc(COc3cc(C(N)O)ccc3CC(=O)O)cc3ccoc23)c1. The molecule has 164 valence electrons. The van der Waals surface area contributed by atoms with E-state index in [1.54, 1.807) is 24.5 Å². The number of fused-ring (bicyclic) bond motifs is 1. The highest BCUT2D eigenvalue weighted by atomic mass is 16.5. The van der Waals surface area contributed by atoms with Crippen LogP contribution in [0.15, 0.2) is 71.3 Å². The number of carboxylic acids is 1. The Morgan fingerprint density at radius 3 is 2.66 bits per heavy atom. The third kappa shape index (κ3) is 4.65. The first-order valence-electron chi connectivity index (χ1n) is 10.1. The van der Waals surface area contributed by atoms with Gasteiger partial charge in [0, 0.05) is 23.1 Å². The third-order valence-corrected chi connectivity index (χ3v) is 5.25. The predicted octanol–water partition coefficient (Wildman–Crippen LogP) is 3.71. The third-order valence-electron chi connectivity index (χ3n) is 5.25. The lowest BCUT2D eigenvalue weighted by Crippen LogP contribution is -2.10. The summed E-state index contributed by atoms with van der Waals surface area (Å²) in [5.41, 5.74) is 16.9. The molecule has 1 heterocycles. The Labute approximate surface area is 184 Å². The molecule has 3 aromatic carbocycles. The van der Waals surface area contributed by atoms with E-state index in [-0.39, 0.29) is 13.0 Å². The van der Waals surface area contributed by atoms with Crippen LogP contribution in [0.1, 0.15) is 28.5 Å². The van der Waals surface area contributed by atoms with Crippen molar-refractivity contribution < 1.29 is 24.2 Å². The molecule has 0 aliphatic rings. The normalized spacial score (nSPS) is 12.1. The number of aliphatic hydroxyl groups excluding tert-OH is 1. The molecule has 0 aliphatic heterocycles. The second kappa shape index (κ2) is 9.23. The fourth-order valence-electron chi connectivity index (χ4n) is 3.67. The second-order valence-corrected chi connectivity index (χ2v) is 7.56. The fourth-order valence-corrected chi connectivity index (χ4v) is 3.67. The van der Waals surface area contributed by atoms with Crippen LogP contribution in [-0.2, 0) is 24.4 Å². The van der Waals surface area contributed by atoms with Gasteiger partial charge in [-0.2, -0.15) is 0 Å². The molecule has 0 radical (unpaired) electrons. The highest BCUT2D eigenvalue weighted by Gasteiger charge is 2.14. The van der Waals surface area contributed by atoms with Crippen molar-refractivity contribution in [2.24, 2.45) is 11.5 Å². The van der Waals surface area contributed by atoms with E-state index in [1.165, 1.54) is 0 Å². The number of benzene rings is 3. The molecule has 0 spiro atoms. The maximum Gasteiger partial charge on any atom is 0.307 e. The van der Waals surface area contributed by atoms with E-state index in [1.807, 2.05) is 42.5 Å². The van der Waals surface area contributed by atoms with Gasteiger partial charge in [0.15, 0.2) is 0 Å². The van der Waals surface area contributed by atoms with Crippen molar-refractivity contribution in [3.8, 4) is 16.9 Å². The number of carboxylic acid groups (broad SMARTS) is 1. The van der Waals surface area contributed by atoms with E-state index >= 15 is 0 Å². The van der Waals surface area contributed by atoms with Gasteiger partial charge in [-0.3, -0.25) is 4.79 Å². The number of aliphatic carboxylic acids is 1. The monoisotopic (exact) mass is 432 g/mol. The lowest BCUT2D eigenvalue weighted by molar-refractivity contribution is -0.136. The highest BCUT2D eigenvalue weighted by molar-refractivity contribution is 5.93. The number of rotatable bonds is 8. The van der Waals surface area contributed by atoms with Gasteiger partial charge in [-0.05, 0) is 52.6 Å². The molecule has 0 fully saturated rings. The maximum atomic E-state index is 11.2. The zero-order valence-electron chi connectivity index (χ0n) is 17.3. The number of aliphatic hydroxyl groups is 1. The van der Waals surface area contributed by atoms with E-state index in [0.29, 0.717) is 23.4 Å². The molecule has 7 heteroatoms. The zero-order valence-corrected chi connectivity index (χ0v) is 17.3. The van der Waals surface area contributed by atoms with Crippen LogP contribution in [0.4, 0.5) is 0 Å². The molecular formula is C25H24N2O5. The first kappa shape index (κ1) is 21.6. The summed E-state index contributed by atoms with van der Waals surface area (Å²) in [6.45, 7) is 0.634. The summed E-state index contributed by atoms with van der Waals surface area (Å²) in [4.78, 5) is 11.2. The van der Waals surface area contributed by atoms with Crippen molar-refractivity contribution in [1.82, 2.24) is 0 Å². The van der Waals surface area contributed by atoms with E-state index in [9.17, 15) is 15.0 Å². The summed E-state index contributed by atoms with van der Waals surface area (Å²) >= 11 is 0. The zero-order chi connectivity index (χ0) is 22.7. The largest absolute Gasteiger partial charge is 0.489 e. The Hall–Kier alpha value is -3.65. The topological polar surface area (TPSA) is 132 Å². The molecule has 7 nitrogen and oxygen atoms in total. The summed E-state index contributed by atoms with van der Waals surface area (Å²) < 4.78 is 11.7. The summed E-state index contributed by atoms with van der Waals surface area (Å²) in [5, 5.41) is 19.8. The lowest BCUT2D eigenvalue weighted by atomic mass is 9.99. The van der Waals surface area contributed by atoms with Crippen molar-refractivity contribution in [3.05, 3.63) is 89.2 Å². The van der Waals surface area contributed by atoms with Crippen LogP contribution in [0.3, 0.4) is 0 Å². The Morgan fingerprint density at radius 1 is 1.06 bits per heavy atom. The molecule has 0 amide bonds. The van der Waals surface area contributed by atoms with Crippen molar-refractivity contribution in [2.45, 2.75) is 25.8 Å².